The highest BCUT2D eigenvalue weighted by Crippen LogP contribution is 2.16. The van der Waals surface area contributed by atoms with Gasteiger partial charge in [-0.15, -0.1) is 0 Å². The van der Waals surface area contributed by atoms with Gasteiger partial charge in [0.2, 0.25) is 0 Å². The van der Waals surface area contributed by atoms with E-state index in [1.807, 2.05) is 18.9 Å². The standard InChI is InChI=1S/C6H13FN2/c1-4-6(8)5(7)3-9(4)2/h4-6H,3,8H2,1-2H3/t4?,5-,6+/m0/s1. The number of alkyl halides is 1. The highest BCUT2D eigenvalue weighted by Gasteiger charge is 2.34. The predicted molar refractivity (Wildman–Crippen MR) is 35.0 cm³/mol. The van der Waals surface area contributed by atoms with E-state index in [1.54, 1.807) is 0 Å². The summed E-state index contributed by atoms with van der Waals surface area (Å²) in [5.41, 5.74) is 5.50. The molecule has 0 saturated carbocycles. The molecule has 0 aromatic rings. The quantitative estimate of drug-likeness (QED) is 0.502. The Morgan fingerprint density at radius 3 is 2.33 bits per heavy atom. The first kappa shape index (κ1) is 6.96. The molecule has 54 valence electrons. The summed E-state index contributed by atoms with van der Waals surface area (Å²) in [7, 11) is 1.89. The van der Waals surface area contributed by atoms with Crippen molar-refractivity contribution in [2.75, 3.05) is 13.6 Å². The van der Waals surface area contributed by atoms with Gasteiger partial charge in [0.25, 0.3) is 0 Å². The summed E-state index contributed by atoms with van der Waals surface area (Å²) >= 11 is 0. The van der Waals surface area contributed by atoms with E-state index in [-0.39, 0.29) is 12.1 Å². The van der Waals surface area contributed by atoms with E-state index in [0.29, 0.717) is 6.54 Å². The van der Waals surface area contributed by atoms with Crippen LogP contribution in [-0.2, 0) is 0 Å². The number of rotatable bonds is 0. The molecule has 0 aliphatic carbocycles. The molecule has 1 saturated heterocycles. The number of hydrogen-bond donors (Lipinski definition) is 1. The normalized spacial score (nSPS) is 46.0. The first-order valence-corrected chi connectivity index (χ1v) is 3.23. The molecule has 0 aromatic carbocycles. The molecule has 1 unspecified atom stereocenters. The zero-order valence-corrected chi connectivity index (χ0v) is 5.84. The summed E-state index contributed by atoms with van der Waals surface area (Å²) < 4.78 is 12.7. The Bertz CT molecular complexity index is 95.2. The molecule has 0 spiro atoms. The summed E-state index contributed by atoms with van der Waals surface area (Å²) in [4.78, 5) is 1.94. The molecule has 2 nitrogen and oxygen atoms in total. The summed E-state index contributed by atoms with van der Waals surface area (Å²) in [6, 6.07) is -0.0880. The lowest BCUT2D eigenvalue weighted by Crippen LogP contribution is -2.37. The van der Waals surface area contributed by atoms with Crippen molar-refractivity contribution in [3.05, 3.63) is 0 Å². The van der Waals surface area contributed by atoms with Gasteiger partial charge in [-0.3, -0.25) is 4.90 Å². The number of hydrogen-bond acceptors (Lipinski definition) is 2. The van der Waals surface area contributed by atoms with Gasteiger partial charge < -0.3 is 5.73 Å². The third-order valence-electron chi connectivity index (χ3n) is 2.13. The van der Waals surface area contributed by atoms with Crippen molar-refractivity contribution in [1.82, 2.24) is 4.90 Å². The van der Waals surface area contributed by atoms with Crippen LogP contribution < -0.4 is 5.73 Å². The fourth-order valence-corrected chi connectivity index (χ4v) is 1.16. The van der Waals surface area contributed by atoms with Crippen molar-refractivity contribution in [3.8, 4) is 0 Å². The highest BCUT2D eigenvalue weighted by molar-refractivity contribution is 4.92. The second-order valence-corrected chi connectivity index (χ2v) is 2.77. The third-order valence-corrected chi connectivity index (χ3v) is 2.13. The largest absolute Gasteiger partial charge is 0.324 e. The van der Waals surface area contributed by atoms with Crippen LogP contribution in [0.15, 0.2) is 0 Å². The second-order valence-electron chi connectivity index (χ2n) is 2.77. The Kier molecular flexibility index (Phi) is 1.73. The highest BCUT2D eigenvalue weighted by atomic mass is 19.1. The van der Waals surface area contributed by atoms with Crippen LogP contribution in [0, 0.1) is 0 Å². The molecule has 3 atom stereocenters. The molecule has 1 heterocycles. The molecule has 0 radical (unpaired) electrons. The van der Waals surface area contributed by atoms with E-state index in [2.05, 4.69) is 0 Å². The van der Waals surface area contributed by atoms with Crippen LogP contribution in [0.25, 0.3) is 0 Å². The van der Waals surface area contributed by atoms with Crippen LogP contribution in [-0.4, -0.2) is 36.7 Å². The zero-order valence-electron chi connectivity index (χ0n) is 5.84. The van der Waals surface area contributed by atoms with Crippen LogP contribution in [0.3, 0.4) is 0 Å². The van der Waals surface area contributed by atoms with Crippen LogP contribution in [0.5, 0.6) is 0 Å². The number of likely N-dealkylation sites (tertiary alicyclic amines) is 1. The van der Waals surface area contributed by atoms with Gasteiger partial charge >= 0.3 is 0 Å². The van der Waals surface area contributed by atoms with Crippen LogP contribution in [0.2, 0.25) is 0 Å². The number of halogens is 1. The molecular weight excluding hydrogens is 119 g/mol. The van der Waals surface area contributed by atoms with Crippen molar-refractivity contribution >= 4 is 0 Å². The van der Waals surface area contributed by atoms with E-state index in [9.17, 15) is 4.39 Å². The van der Waals surface area contributed by atoms with Gasteiger partial charge in [-0.25, -0.2) is 4.39 Å². The lowest BCUT2D eigenvalue weighted by atomic mass is 10.1. The number of nitrogens with zero attached hydrogens (tertiary/aromatic N) is 1. The monoisotopic (exact) mass is 132 g/mol. The maximum Gasteiger partial charge on any atom is 0.129 e. The molecule has 1 aliphatic heterocycles. The minimum atomic E-state index is -0.829. The first-order valence-electron chi connectivity index (χ1n) is 3.23. The van der Waals surface area contributed by atoms with Crippen LogP contribution in [0.1, 0.15) is 6.92 Å². The molecule has 1 rings (SSSR count). The first-order chi connectivity index (χ1) is 4.13. The van der Waals surface area contributed by atoms with Gasteiger partial charge in [0.1, 0.15) is 6.17 Å². The summed E-state index contributed by atoms with van der Waals surface area (Å²) in [6.45, 7) is 2.44. The molecule has 0 bridgehead atoms. The van der Waals surface area contributed by atoms with Crippen molar-refractivity contribution < 1.29 is 4.39 Å². The number of nitrogens with two attached hydrogens (primary N) is 1. The van der Waals surface area contributed by atoms with Gasteiger partial charge in [0.15, 0.2) is 0 Å². The number of likely N-dealkylation sites (N-methyl/N-ethyl adjacent to an activating group) is 1. The van der Waals surface area contributed by atoms with Gasteiger partial charge in [0.05, 0.1) is 6.04 Å². The smallest absolute Gasteiger partial charge is 0.129 e. The van der Waals surface area contributed by atoms with E-state index in [4.69, 9.17) is 5.73 Å². The van der Waals surface area contributed by atoms with Crippen molar-refractivity contribution in [3.63, 3.8) is 0 Å². The third kappa shape index (κ3) is 1.07. The lowest BCUT2D eigenvalue weighted by Gasteiger charge is -2.15. The molecule has 0 amide bonds. The zero-order chi connectivity index (χ0) is 7.02. The maximum absolute atomic E-state index is 12.7. The second kappa shape index (κ2) is 2.23. The Morgan fingerprint density at radius 1 is 1.67 bits per heavy atom. The van der Waals surface area contributed by atoms with Crippen LogP contribution >= 0.6 is 0 Å². The van der Waals surface area contributed by atoms with E-state index in [1.165, 1.54) is 0 Å². The molecule has 0 aromatic heterocycles. The van der Waals surface area contributed by atoms with Gasteiger partial charge in [0, 0.05) is 12.6 Å². The molecule has 2 N–H and O–H groups in total. The maximum atomic E-state index is 12.7. The van der Waals surface area contributed by atoms with Gasteiger partial charge in [-0.1, -0.05) is 0 Å². The molecule has 3 heteroatoms. The molecular formula is C6H13FN2. The van der Waals surface area contributed by atoms with Gasteiger partial charge in [-0.05, 0) is 14.0 Å². The van der Waals surface area contributed by atoms with Crippen molar-refractivity contribution in [2.45, 2.75) is 25.2 Å². The van der Waals surface area contributed by atoms with E-state index < -0.39 is 6.17 Å². The van der Waals surface area contributed by atoms with E-state index >= 15 is 0 Å². The van der Waals surface area contributed by atoms with E-state index in [0.717, 1.165) is 0 Å². The fourth-order valence-electron chi connectivity index (χ4n) is 1.16. The van der Waals surface area contributed by atoms with Crippen molar-refractivity contribution in [2.24, 2.45) is 5.73 Å². The molecule has 9 heavy (non-hydrogen) atoms. The molecule has 1 fully saturated rings. The minimum absolute atomic E-state index is 0.194. The summed E-state index contributed by atoms with van der Waals surface area (Å²) in [6.07, 6.45) is -0.829. The Morgan fingerprint density at radius 2 is 2.22 bits per heavy atom. The summed E-state index contributed by atoms with van der Waals surface area (Å²) in [5, 5.41) is 0. The average molecular weight is 132 g/mol. The lowest BCUT2D eigenvalue weighted by molar-refractivity contribution is 0.303. The van der Waals surface area contributed by atoms with Crippen LogP contribution in [0.4, 0.5) is 4.39 Å². The summed E-state index contributed by atoms with van der Waals surface area (Å²) in [5.74, 6) is 0. The molecule has 1 aliphatic rings. The Labute approximate surface area is 54.8 Å². The van der Waals surface area contributed by atoms with Gasteiger partial charge in [-0.2, -0.15) is 0 Å². The SMILES string of the molecule is CC1[C@@H](N)[C@@H](F)CN1C. The Balaban J connectivity index is 2.54. The van der Waals surface area contributed by atoms with Crippen molar-refractivity contribution in [1.29, 1.82) is 0 Å². The minimum Gasteiger partial charge on any atom is -0.324 e. The average Bonchev–Trinajstić information content (AvgIpc) is 1.98. The Hall–Kier alpha value is -0.150. The predicted octanol–water partition coefficient (Wildman–Crippen LogP) is -0.0143. The fraction of sp³-hybridized carbons (Fsp3) is 1.00. The topological polar surface area (TPSA) is 29.3 Å².